The van der Waals surface area contributed by atoms with E-state index in [1.807, 2.05) is 19.2 Å². The van der Waals surface area contributed by atoms with E-state index in [-0.39, 0.29) is 5.97 Å². The van der Waals surface area contributed by atoms with E-state index in [1.165, 1.54) is 16.8 Å². The summed E-state index contributed by atoms with van der Waals surface area (Å²) < 4.78 is 4.93. The molecule has 0 spiro atoms. The lowest BCUT2D eigenvalue weighted by Crippen LogP contribution is -2.12. The number of carbonyl (C=O) groups excluding carboxylic acids is 1. The summed E-state index contributed by atoms with van der Waals surface area (Å²) in [5.74, 6) is -0.308. The van der Waals surface area contributed by atoms with Gasteiger partial charge in [0.2, 0.25) is 0 Å². The largest absolute Gasteiger partial charge is 0.463 e. The molecular weight excluding hydrogens is 250 g/mol. The van der Waals surface area contributed by atoms with Gasteiger partial charge in [0.25, 0.3) is 0 Å². The van der Waals surface area contributed by atoms with Gasteiger partial charge in [-0.2, -0.15) is 0 Å². The Bertz CT molecular complexity index is 632. The summed E-state index contributed by atoms with van der Waals surface area (Å²) in [4.78, 5) is 11.5. The summed E-state index contributed by atoms with van der Waals surface area (Å²) in [5, 5.41) is 5.47. The van der Waals surface area contributed by atoms with E-state index in [0.29, 0.717) is 13.0 Å². The highest BCUT2D eigenvalue weighted by molar-refractivity contribution is 5.84. The predicted molar refractivity (Wildman–Crippen MR) is 81.4 cm³/mol. The van der Waals surface area contributed by atoms with Crippen molar-refractivity contribution >= 4 is 16.7 Å². The molecule has 3 heteroatoms. The van der Waals surface area contributed by atoms with Crippen molar-refractivity contribution in [1.82, 2.24) is 5.32 Å². The van der Waals surface area contributed by atoms with E-state index < -0.39 is 0 Å². The normalized spacial score (nSPS) is 11.4. The molecule has 0 unspecified atom stereocenters. The number of ether oxygens (including phenoxy) is 1. The number of benzene rings is 2. The Kier molecular flexibility index (Phi) is 4.77. The zero-order valence-corrected chi connectivity index (χ0v) is 11.8. The molecule has 0 aliphatic heterocycles. The van der Waals surface area contributed by atoms with E-state index in [1.54, 1.807) is 6.92 Å². The third-order valence-corrected chi connectivity index (χ3v) is 3.11. The summed E-state index contributed by atoms with van der Waals surface area (Å²) in [5.41, 5.74) is 2.01. The standard InChI is InChI=1S/C17H19NO2/c1-3-20-17(19)12-16(18-2)11-13-8-9-14-6-4-5-7-15(14)10-13/h4-10,12,18H,3,11H2,1-2H3. The minimum Gasteiger partial charge on any atom is -0.463 e. The van der Waals surface area contributed by atoms with Gasteiger partial charge in [-0.05, 0) is 23.3 Å². The highest BCUT2D eigenvalue weighted by Gasteiger charge is 2.03. The van der Waals surface area contributed by atoms with Gasteiger partial charge in [0.05, 0.1) is 6.61 Å². The van der Waals surface area contributed by atoms with Crippen molar-refractivity contribution in [2.45, 2.75) is 13.3 Å². The minimum atomic E-state index is -0.308. The Morgan fingerprint density at radius 2 is 1.95 bits per heavy atom. The van der Waals surface area contributed by atoms with Gasteiger partial charge < -0.3 is 10.1 Å². The fourth-order valence-corrected chi connectivity index (χ4v) is 2.11. The minimum absolute atomic E-state index is 0.308. The van der Waals surface area contributed by atoms with Crippen LogP contribution in [0.2, 0.25) is 0 Å². The molecular formula is C17H19NO2. The van der Waals surface area contributed by atoms with Crippen molar-refractivity contribution in [2.75, 3.05) is 13.7 Å². The molecule has 1 N–H and O–H groups in total. The summed E-state index contributed by atoms with van der Waals surface area (Å²) in [6, 6.07) is 14.6. The Morgan fingerprint density at radius 1 is 1.20 bits per heavy atom. The Balaban J connectivity index is 2.19. The van der Waals surface area contributed by atoms with Crippen molar-refractivity contribution in [1.29, 1.82) is 0 Å². The molecule has 0 saturated heterocycles. The molecule has 20 heavy (non-hydrogen) atoms. The second-order valence-electron chi connectivity index (χ2n) is 4.53. The van der Waals surface area contributed by atoms with Crippen LogP contribution in [0.4, 0.5) is 0 Å². The zero-order valence-electron chi connectivity index (χ0n) is 11.8. The molecule has 3 nitrogen and oxygen atoms in total. The first-order chi connectivity index (χ1) is 9.72. The molecule has 0 heterocycles. The van der Waals surface area contributed by atoms with Crippen LogP contribution < -0.4 is 5.32 Å². The first-order valence-corrected chi connectivity index (χ1v) is 6.75. The number of likely N-dealkylation sites (N-methyl/N-ethyl adjacent to an activating group) is 1. The monoisotopic (exact) mass is 269 g/mol. The second kappa shape index (κ2) is 6.75. The number of allylic oxidation sites excluding steroid dienone is 1. The number of esters is 1. The lowest BCUT2D eigenvalue weighted by Gasteiger charge is -2.08. The quantitative estimate of drug-likeness (QED) is 0.669. The topological polar surface area (TPSA) is 38.3 Å². The van der Waals surface area contributed by atoms with Crippen LogP contribution in [0.25, 0.3) is 10.8 Å². The molecule has 0 fully saturated rings. The highest BCUT2D eigenvalue weighted by atomic mass is 16.5. The summed E-state index contributed by atoms with van der Waals surface area (Å²) in [7, 11) is 1.81. The maximum atomic E-state index is 11.5. The SMILES string of the molecule is CCOC(=O)C=C(Cc1ccc2ccccc2c1)NC. The zero-order chi connectivity index (χ0) is 14.4. The van der Waals surface area contributed by atoms with Gasteiger partial charge in [0.15, 0.2) is 0 Å². The maximum absolute atomic E-state index is 11.5. The molecule has 0 saturated carbocycles. The lowest BCUT2D eigenvalue weighted by molar-refractivity contribution is -0.137. The van der Waals surface area contributed by atoms with Crippen molar-refractivity contribution in [3.63, 3.8) is 0 Å². The highest BCUT2D eigenvalue weighted by Crippen LogP contribution is 2.17. The Hall–Kier alpha value is -2.29. The molecule has 104 valence electrons. The smallest absolute Gasteiger partial charge is 0.332 e. The summed E-state index contributed by atoms with van der Waals surface area (Å²) in [6.07, 6.45) is 2.19. The molecule has 0 aliphatic rings. The van der Waals surface area contributed by atoms with Crippen LogP contribution >= 0.6 is 0 Å². The number of nitrogens with one attached hydrogen (secondary N) is 1. The third-order valence-electron chi connectivity index (χ3n) is 3.11. The van der Waals surface area contributed by atoms with Crippen LogP contribution in [-0.2, 0) is 16.0 Å². The molecule has 0 bridgehead atoms. The van der Waals surface area contributed by atoms with Crippen LogP contribution in [0.3, 0.4) is 0 Å². The lowest BCUT2D eigenvalue weighted by atomic mass is 10.0. The first-order valence-electron chi connectivity index (χ1n) is 6.75. The molecule has 0 aromatic heterocycles. The summed E-state index contributed by atoms with van der Waals surface area (Å²) >= 11 is 0. The third kappa shape index (κ3) is 3.60. The molecule has 0 aliphatic carbocycles. The molecule has 2 aromatic rings. The van der Waals surface area contributed by atoms with Gasteiger partial charge in [0.1, 0.15) is 0 Å². The number of rotatable bonds is 5. The number of fused-ring (bicyclic) bond motifs is 1. The van der Waals surface area contributed by atoms with Crippen molar-refractivity contribution in [3.05, 3.63) is 59.8 Å². The van der Waals surface area contributed by atoms with Crippen molar-refractivity contribution in [3.8, 4) is 0 Å². The molecule has 0 radical (unpaired) electrons. The van der Waals surface area contributed by atoms with Gasteiger partial charge in [-0.15, -0.1) is 0 Å². The van der Waals surface area contributed by atoms with Gasteiger partial charge in [-0.25, -0.2) is 4.79 Å². The summed E-state index contributed by atoms with van der Waals surface area (Å²) in [6.45, 7) is 2.19. The van der Waals surface area contributed by atoms with Crippen LogP contribution in [0, 0.1) is 0 Å². The van der Waals surface area contributed by atoms with Crippen LogP contribution in [0.15, 0.2) is 54.2 Å². The van der Waals surface area contributed by atoms with Gasteiger partial charge in [-0.1, -0.05) is 42.5 Å². The van der Waals surface area contributed by atoms with Crippen LogP contribution in [0.1, 0.15) is 12.5 Å². The first kappa shape index (κ1) is 14.1. The second-order valence-corrected chi connectivity index (χ2v) is 4.53. The van der Waals surface area contributed by atoms with E-state index in [2.05, 4.69) is 35.6 Å². The molecule has 2 aromatic carbocycles. The fourth-order valence-electron chi connectivity index (χ4n) is 2.11. The molecule has 2 rings (SSSR count). The Labute approximate surface area is 119 Å². The number of carbonyl (C=O) groups is 1. The number of hydrogen-bond donors (Lipinski definition) is 1. The fraction of sp³-hybridized carbons (Fsp3) is 0.235. The van der Waals surface area contributed by atoms with E-state index in [9.17, 15) is 4.79 Å². The number of hydrogen-bond acceptors (Lipinski definition) is 3. The van der Waals surface area contributed by atoms with Crippen LogP contribution in [-0.4, -0.2) is 19.6 Å². The van der Waals surface area contributed by atoms with Crippen molar-refractivity contribution in [2.24, 2.45) is 0 Å². The molecule has 0 atom stereocenters. The predicted octanol–water partition coefficient (Wildman–Crippen LogP) is 3.05. The molecule has 0 amide bonds. The van der Waals surface area contributed by atoms with E-state index in [0.717, 1.165) is 11.3 Å². The Morgan fingerprint density at radius 3 is 2.65 bits per heavy atom. The van der Waals surface area contributed by atoms with Gasteiger partial charge in [0, 0.05) is 25.2 Å². The average Bonchev–Trinajstić information content (AvgIpc) is 2.46. The van der Waals surface area contributed by atoms with E-state index in [4.69, 9.17) is 4.74 Å². The maximum Gasteiger partial charge on any atom is 0.332 e. The van der Waals surface area contributed by atoms with Crippen molar-refractivity contribution < 1.29 is 9.53 Å². The van der Waals surface area contributed by atoms with Gasteiger partial charge >= 0.3 is 5.97 Å². The van der Waals surface area contributed by atoms with Crippen LogP contribution in [0.5, 0.6) is 0 Å². The average molecular weight is 269 g/mol. The van der Waals surface area contributed by atoms with Gasteiger partial charge in [-0.3, -0.25) is 0 Å². The van der Waals surface area contributed by atoms with E-state index >= 15 is 0 Å².